The molecule has 206 valence electrons. The summed E-state index contributed by atoms with van der Waals surface area (Å²) in [7, 11) is 0. The van der Waals surface area contributed by atoms with Crippen molar-refractivity contribution in [2.24, 2.45) is 0 Å². The van der Waals surface area contributed by atoms with Gasteiger partial charge in [-0.1, -0.05) is 48.0 Å². The molecule has 7 nitrogen and oxygen atoms in total. The third-order valence-corrected chi connectivity index (χ3v) is 6.54. The van der Waals surface area contributed by atoms with E-state index >= 15 is 0 Å². The predicted molar refractivity (Wildman–Crippen MR) is 157 cm³/mol. The van der Waals surface area contributed by atoms with Crippen LogP contribution in [0.1, 0.15) is 55.5 Å². The van der Waals surface area contributed by atoms with Crippen molar-refractivity contribution in [2.45, 2.75) is 65.6 Å². The highest BCUT2D eigenvalue weighted by molar-refractivity contribution is 7.98. The first kappa shape index (κ1) is 31.0. The zero-order valence-electron chi connectivity index (χ0n) is 23.6. The van der Waals surface area contributed by atoms with Crippen molar-refractivity contribution >= 4 is 35.4 Å². The van der Waals surface area contributed by atoms with Gasteiger partial charge in [0, 0.05) is 12.2 Å². The number of carbonyl (C=O) groups is 3. The fourth-order valence-corrected chi connectivity index (χ4v) is 4.57. The van der Waals surface area contributed by atoms with Gasteiger partial charge in [-0.3, -0.25) is 9.59 Å². The molecule has 2 N–H and O–H groups in total. The smallest absolute Gasteiger partial charge is 0.408 e. The van der Waals surface area contributed by atoms with Crippen LogP contribution in [0.4, 0.5) is 10.5 Å². The summed E-state index contributed by atoms with van der Waals surface area (Å²) in [5.74, 6) is -0.0883. The molecular formula is C30H41N3O4S. The van der Waals surface area contributed by atoms with E-state index in [1.165, 1.54) is 4.90 Å². The van der Waals surface area contributed by atoms with Gasteiger partial charge in [0.15, 0.2) is 0 Å². The lowest BCUT2D eigenvalue weighted by Gasteiger charge is -2.34. The molecule has 0 aliphatic carbocycles. The van der Waals surface area contributed by atoms with Crippen LogP contribution in [-0.4, -0.2) is 53.0 Å². The predicted octanol–water partition coefficient (Wildman–Crippen LogP) is 5.95. The lowest BCUT2D eigenvalue weighted by Crippen LogP contribution is -2.52. The maximum absolute atomic E-state index is 14.1. The zero-order valence-corrected chi connectivity index (χ0v) is 24.4. The van der Waals surface area contributed by atoms with Crippen molar-refractivity contribution in [3.8, 4) is 0 Å². The third kappa shape index (κ3) is 8.94. The molecular weight excluding hydrogens is 498 g/mol. The number of amides is 3. The number of para-hydroxylation sites is 1. The van der Waals surface area contributed by atoms with Gasteiger partial charge >= 0.3 is 6.09 Å². The summed E-state index contributed by atoms with van der Waals surface area (Å²) in [6, 6.07) is 11.5. The Morgan fingerprint density at radius 3 is 2.34 bits per heavy atom. The highest BCUT2D eigenvalue weighted by Crippen LogP contribution is 2.28. The molecule has 0 radical (unpaired) electrons. The molecule has 8 heteroatoms. The number of rotatable bonds is 11. The highest BCUT2D eigenvalue weighted by atomic mass is 32.2. The van der Waals surface area contributed by atoms with Gasteiger partial charge in [-0.2, -0.15) is 11.8 Å². The molecule has 0 spiro atoms. The van der Waals surface area contributed by atoms with Crippen molar-refractivity contribution < 1.29 is 19.1 Å². The van der Waals surface area contributed by atoms with E-state index in [9.17, 15) is 14.4 Å². The van der Waals surface area contributed by atoms with Crippen LogP contribution < -0.4 is 10.6 Å². The monoisotopic (exact) mass is 539 g/mol. The summed E-state index contributed by atoms with van der Waals surface area (Å²) < 4.78 is 5.43. The van der Waals surface area contributed by atoms with E-state index < -0.39 is 23.8 Å². The Bertz CT molecular complexity index is 1140. The number of hydrogen-bond acceptors (Lipinski definition) is 5. The van der Waals surface area contributed by atoms with Gasteiger partial charge in [0.25, 0.3) is 5.91 Å². The highest BCUT2D eigenvalue weighted by Gasteiger charge is 2.36. The van der Waals surface area contributed by atoms with Crippen LogP contribution in [0, 0.1) is 20.8 Å². The minimum atomic E-state index is -0.946. The minimum absolute atomic E-state index is 0.115. The third-order valence-electron chi connectivity index (χ3n) is 5.89. The summed E-state index contributed by atoms with van der Waals surface area (Å²) in [4.78, 5) is 42.1. The molecule has 0 aromatic heterocycles. The molecule has 2 unspecified atom stereocenters. The summed E-state index contributed by atoms with van der Waals surface area (Å²) in [5, 5.41) is 5.76. The van der Waals surface area contributed by atoms with E-state index in [2.05, 4.69) is 17.2 Å². The van der Waals surface area contributed by atoms with Gasteiger partial charge in [-0.25, -0.2) is 4.79 Å². The SMILES string of the molecule is C=CCN(C(=O)C(CCSC)NC(=O)OC(C)(C)C)C(C(=O)Nc1ccccc1C)c1ccc(C)cc1C. The Hall–Kier alpha value is -3.26. The summed E-state index contributed by atoms with van der Waals surface area (Å²) in [6.45, 7) is 15.1. The fraction of sp³-hybridized carbons (Fsp3) is 0.433. The second-order valence-electron chi connectivity index (χ2n) is 10.3. The largest absolute Gasteiger partial charge is 0.444 e. The van der Waals surface area contributed by atoms with Gasteiger partial charge in [-0.15, -0.1) is 6.58 Å². The molecule has 0 heterocycles. The molecule has 0 aliphatic rings. The number of thioether (sulfide) groups is 1. The van der Waals surface area contributed by atoms with Gasteiger partial charge in [0.1, 0.15) is 17.7 Å². The van der Waals surface area contributed by atoms with E-state index in [0.717, 1.165) is 16.7 Å². The molecule has 0 saturated carbocycles. The minimum Gasteiger partial charge on any atom is -0.444 e. The van der Waals surface area contributed by atoms with Crippen LogP contribution in [0.15, 0.2) is 55.1 Å². The molecule has 3 amide bonds. The lowest BCUT2D eigenvalue weighted by molar-refractivity contribution is -0.140. The van der Waals surface area contributed by atoms with Crippen LogP contribution in [0.5, 0.6) is 0 Å². The second-order valence-corrected chi connectivity index (χ2v) is 11.3. The van der Waals surface area contributed by atoms with Crippen LogP contribution in [-0.2, 0) is 14.3 Å². The number of anilines is 1. The number of carbonyl (C=O) groups excluding carboxylic acids is 3. The van der Waals surface area contributed by atoms with Crippen LogP contribution in [0.3, 0.4) is 0 Å². The number of alkyl carbamates (subject to hydrolysis) is 1. The molecule has 0 bridgehead atoms. The Labute approximate surface area is 231 Å². The maximum atomic E-state index is 14.1. The van der Waals surface area contributed by atoms with Gasteiger partial charge in [0.2, 0.25) is 5.91 Å². The first-order valence-corrected chi connectivity index (χ1v) is 14.1. The Morgan fingerprint density at radius 2 is 1.76 bits per heavy atom. The Balaban J connectivity index is 2.54. The zero-order chi connectivity index (χ0) is 28.5. The van der Waals surface area contributed by atoms with E-state index in [1.807, 2.05) is 69.5 Å². The number of nitrogens with one attached hydrogen (secondary N) is 2. The second kappa shape index (κ2) is 14.0. The molecule has 0 fully saturated rings. The van der Waals surface area contributed by atoms with Gasteiger partial charge in [0.05, 0.1) is 0 Å². The number of ether oxygens (including phenoxy) is 1. The molecule has 0 aliphatic heterocycles. The topological polar surface area (TPSA) is 87.7 Å². The Kier molecular flexibility index (Phi) is 11.4. The molecule has 2 aromatic carbocycles. The lowest BCUT2D eigenvalue weighted by atomic mass is 9.96. The number of nitrogens with zero attached hydrogens (tertiary/aromatic N) is 1. The number of hydrogen-bond donors (Lipinski definition) is 2. The first-order chi connectivity index (χ1) is 17.9. The summed E-state index contributed by atoms with van der Waals surface area (Å²) >= 11 is 1.57. The first-order valence-electron chi connectivity index (χ1n) is 12.7. The number of benzene rings is 2. The van der Waals surface area contributed by atoms with Crippen LogP contribution >= 0.6 is 11.8 Å². The van der Waals surface area contributed by atoms with Crippen molar-refractivity contribution in [3.05, 3.63) is 77.4 Å². The molecule has 0 saturated heterocycles. The van der Waals surface area contributed by atoms with Crippen molar-refractivity contribution in [3.63, 3.8) is 0 Å². The molecule has 2 aromatic rings. The van der Waals surface area contributed by atoms with Crippen LogP contribution in [0.25, 0.3) is 0 Å². The van der Waals surface area contributed by atoms with Crippen molar-refractivity contribution in [1.29, 1.82) is 0 Å². The standard InChI is InChI=1S/C30H41N3O4S/c1-9-17-33(28(35)25(16-18-38-8)32-29(36)37-30(5,6)7)26(23-15-14-20(2)19-22(23)4)27(34)31-24-13-11-10-12-21(24)3/h9-15,19,25-26H,1,16-18H2,2-8H3,(H,31,34)(H,32,36). The van der Waals surface area contributed by atoms with Crippen molar-refractivity contribution in [2.75, 3.05) is 23.9 Å². The number of aryl methyl sites for hydroxylation is 3. The summed E-state index contributed by atoms with van der Waals surface area (Å²) in [5.41, 5.74) is 3.51. The van der Waals surface area contributed by atoms with E-state index in [0.29, 0.717) is 23.4 Å². The van der Waals surface area contributed by atoms with Crippen LogP contribution in [0.2, 0.25) is 0 Å². The van der Waals surface area contributed by atoms with E-state index in [1.54, 1.807) is 38.6 Å². The van der Waals surface area contributed by atoms with Gasteiger partial charge < -0.3 is 20.3 Å². The Morgan fingerprint density at radius 1 is 1.08 bits per heavy atom. The average molecular weight is 540 g/mol. The fourth-order valence-electron chi connectivity index (χ4n) is 4.10. The molecule has 2 atom stereocenters. The average Bonchev–Trinajstić information content (AvgIpc) is 2.82. The van der Waals surface area contributed by atoms with Gasteiger partial charge in [-0.05, 0) is 82.7 Å². The molecule has 2 rings (SSSR count). The van der Waals surface area contributed by atoms with E-state index in [4.69, 9.17) is 4.74 Å². The van der Waals surface area contributed by atoms with E-state index in [-0.39, 0.29) is 18.4 Å². The quantitative estimate of drug-likeness (QED) is 0.345. The normalized spacial score (nSPS) is 12.7. The summed E-state index contributed by atoms with van der Waals surface area (Å²) in [6.07, 6.45) is 3.23. The van der Waals surface area contributed by atoms with Crippen molar-refractivity contribution in [1.82, 2.24) is 10.2 Å². The molecule has 38 heavy (non-hydrogen) atoms. The maximum Gasteiger partial charge on any atom is 0.408 e.